The van der Waals surface area contributed by atoms with Crippen molar-refractivity contribution in [3.05, 3.63) is 217 Å². The van der Waals surface area contributed by atoms with Gasteiger partial charge in [0, 0.05) is 38.5 Å². The van der Waals surface area contributed by atoms with Crippen LogP contribution < -0.4 is 0 Å². The molecular formula is C99H104O9. The summed E-state index contributed by atoms with van der Waals surface area (Å²) in [5, 5.41) is 30.4. The monoisotopic (exact) mass is 1440 g/mol. The number of esters is 3. The number of hydrogen-bond acceptors (Lipinski definition) is 9. The molecule has 108 heavy (non-hydrogen) atoms. The van der Waals surface area contributed by atoms with Crippen molar-refractivity contribution in [1.29, 1.82) is 0 Å². The van der Waals surface area contributed by atoms with Gasteiger partial charge in [-0.3, -0.25) is 14.4 Å². The fourth-order valence-corrected chi connectivity index (χ4v) is 18.0. The molecule has 554 valence electrons. The number of benzene rings is 15. The Morgan fingerprint density at radius 3 is 0.778 bits per heavy atom. The SMILES string of the molecule is CC(C)(CC(CC(C)(C)OCCC(C)(C)OC(=O)CCCc1ccc2c3cccc4cccc(c5cccc1c52)c43)C(C)(C)OCCC(C)(C)OC(=O)CCCc1ccc2c3cccc4cccc(c5cccc1c52)c43)OCCC(C)(C)OC(=O)CCCc1ccc2c3cccc4cccc(c5cccc1c52)c43. The van der Waals surface area contributed by atoms with E-state index in [1.807, 2.05) is 41.5 Å². The van der Waals surface area contributed by atoms with Crippen LogP contribution in [0.15, 0.2) is 200 Å². The quantitative estimate of drug-likeness (QED) is 0.0176. The van der Waals surface area contributed by atoms with Crippen molar-refractivity contribution in [2.75, 3.05) is 19.8 Å². The second kappa shape index (κ2) is 29.5. The van der Waals surface area contributed by atoms with Gasteiger partial charge in [-0.2, -0.15) is 0 Å². The summed E-state index contributed by atoms with van der Waals surface area (Å²) in [6, 6.07) is 72.9. The van der Waals surface area contributed by atoms with Gasteiger partial charge in [0.1, 0.15) is 16.8 Å². The molecule has 0 amide bonds. The summed E-state index contributed by atoms with van der Waals surface area (Å²) in [7, 11) is 0. The summed E-state index contributed by atoms with van der Waals surface area (Å²) in [6.45, 7) is 25.7. The minimum absolute atomic E-state index is 0.0793. The lowest BCUT2D eigenvalue weighted by atomic mass is 9.76. The molecule has 0 aliphatic rings. The van der Waals surface area contributed by atoms with Crippen LogP contribution >= 0.6 is 0 Å². The van der Waals surface area contributed by atoms with Crippen LogP contribution in [0.2, 0.25) is 0 Å². The lowest BCUT2D eigenvalue weighted by Crippen LogP contribution is -2.45. The fraction of sp³-hybridized carbons (Fsp3) is 0.364. The van der Waals surface area contributed by atoms with E-state index >= 15 is 0 Å². The molecule has 9 nitrogen and oxygen atoms in total. The average Bonchev–Trinajstić information content (AvgIpc) is 0.733. The summed E-state index contributed by atoms with van der Waals surface area (Å²) in [5.74, 6) is -0.725. The number of hydrogen-bond donors (Lipinski definition) is 0. The topological polar surface area (TPSA) is 107 Å². The van der Waals surface area contributed by atoms with Gasteiger partial charge >= 0.3 is 17.9 Å². The predicted molar refractivity (Wildman–Crippen MR) is 449 cm³/mol. The molecule has 0 bridgehead atoms. The number of rotatable bonds is 32. The largest absolute Gasteiger partial charge is 0.460 e. The van der Waals surface area contributed by atoms with E-state index in [-0.39, 0.29) is 23.8 Å². The van der Waals surface area contributed by atoms with Gasteiger partial charge in [0.15, 0.2) is 0 Å². The van der Waals surface area contributed by atoms with E-state index in [4.69, 9.17) is 28.4 Å². The molecule has 0 radical (unpaired) electrons. The average molecular weight is 1440 g/mol. The molecule has 0 atom stereocenters. The van der Waals surface area contributed by atoms with Crippen molar-refractivity contribution < 1.29 is 42.8 Å². The first-order valence-corrected chi connectivity index (χ1v) is 39.5. The number of carbonyl (C=O) groups is 3. The van der Waals surface area contributed by atoms with Gasteiger partial charge in [0.25, 0.3) is 0 Å². The zero-order chi connectivity index (χ0) is 75.5. The third-order valence-electron chi connectivity index (χ3n) is 23.5. The van der Waals surface area contributed by atoms with Crippen LogP contribution in [-0.4, -0.2) is 71.3 Å². The molecular weight excluding hydrogens is 1330 g/mol. The van der Waals surface area contributed by atoms with Crippen LogP contribution in [0.3, 0.4) is 0 Å². The maximum atomic E-state index is 13.8. The van der Waals surface area contributed by atoms with E-state index < -0.39 is 33.6 Å². The van der Waals surface area contributed by atoms with Gasteiger partial charge in [0.2, 0.25) is 0 Å². The molecule has 0 fully saturated rings. The second-order valence-corrected chi connectivity index (χ2v) is 34.4. The van der Waals surface area contributed by atoms with Crippen molar-refractivity contribution >= 4 is 147 Å². The van der Waals surface area contributed by atoms with Gasteiger partial charge in [0.05, 0.1) is 36.6 Å². The Kier molecular flexibility index (Phi) is 20.2. The van der Waals surface area contributed by atoms with Crippen LogP contribution in [0, 0.1) is 5.92 Å². The van der Waals surface area contributed by atoms with E-state index in [9.17, 15) is 14.4 Å². The first kappa shape index (κ1) is 74.0. The molecule has 0 aromatic heterocycles. The van der Waals surface area contributed by atoms with Crippen LogP contribution in [0.5, 0.6) is 0 Å². The summed E-state index contributed by atoms with van der Waals surface area (Å²) >= 11 is 0. The summed E-state index contributed by atoms with van der Waals surface area (Å²) in [4.78, 5) is 41.2. The lowest BCUT2D eigenvalue weighted by molar-refractivity contribution is -0.165. The van der Waals surface area contributed by atoms with Crippen molar-refractivity contribution in [2.45, 2.75) is 207 Å². The predicted octanol–water partition coefficient (Wildman–Crippen LogP) is 25.1. The molecule has 15 rings (SSSR count). The van der Waals surface area contributed by atoms with Crippen molar-refractivity contribution in [2.24, 2.45) is 5.92 Å². The van der Waals surface area contributed by atoms with Crippen LogP contribution in [-0.2, 0) is 62.1 Å². The van der Waals surface area contributed by atoms with Crippen molar-refractivity contribution in [3.8, 4) is 0 Å². The Morgan fingerprint density at radius 1 is 0.269 bits per heavy atom. The van der Waals surface area contributed by atoms with E-state index in [1.165, 1.54) is 146 Å². The maximum Gasteiger partial charge on any atom is 0.306 e. The van der Waals surface area contributed by atoms with Crippen molar-refractivity contribution in [1.82, 2.24) is 0 Å². The lowest BCUT2D eigenvalue weighted by Gasteiger charge is -2.43. The zero-order valence-corrected chi connectivity index (χ0v) is 65.3. The van der Waals surface area contributed by atoms with Crippen LogP contribution in [0.4, 0.5) is 0 Å². The molecule has 15 aromatic carbocycles. The second-order valence-electron chi connectivity index (χ2n) is 34.4. The van der Waals surface area contributed by atoms with Crippen molar-refractivity contribution in [3.63, 3.8) is 0 Å². The standard InChI is InChI=1S/C99H104O9/c1-94(2,106-85(100)46-19-25-63-49-52-82-76-40-16-31-66-28-13-37-73(88(66)76)79-43-22-34-70(63)91(79)82)55-58-103-97(7,8)61-69(99(11,12)105-60-57-96(5,6)108-87(102)48-21-27-65-51-54-84-78-42-18-33-68-30-15-39-75(90(68)78)81-45-24-36-72(65)93(81)84)62-98(9,10)104-59-56-95(3,4)107-86(101)47-20-26-64-50-53-83-77-41-17-32-67-29-14-38-74(89(67)77)80-44-23-35-71(64)92(80)83/h13-18,22-24,28-45,49-54,69H,19-21,25-27,46-48,55-62H2,1-12H3. The van der Waals surface area contributed by atoms with Crippen LogP contribution in [0.25, 0.3) is 129 Å². The minimum atomic E-state index is -0.781. The zero-order valence-electron chi connectivity index (χ0n) is 65.3. The number of ether oxygens (including phenoxy) is 6. The van der Waals surface area contributed by atoms with Gasteiger partial charge < -0.3 is 28.4 Å². The van der Waals surface area contributed by atoms with E-state index in [2.05, 4.69) is 242 Å². The molecule has 9 heteroatoms. The highest BCUT2D eigenvalue weighted by atomic mass is 16.6. The highest BCUT2D eigenvalue weighted by Gasteiger charge is 2.41. The highest BCUT2D eigenvalue weighted by molar-refractivity contribution is 6.35. The summed E-state index contributed by atoms with van der Waals surface area (Å²) in [5.41, 5.74) is -0.533. The number of carbonyl (C=O) groups excluding carboxylic acids is 3. The van der Waals surface area contributed by atoms with E-state index in [1.54, 1.807) is 0 Å². The van der Waals surface area contributed by atoms with Gasteiger partial charge in [-0.15, -0.1) is 0 Å². The summed E-state index contributed by atoms with van der Waals surface area (Å²) in [6.07, 6.45) is 7.97. The number of aryl methyl sites for hydroxylation is 3. The Balaban J connectivity index is 0.560. The molecule has 0 unspecified atom stereocenters. The van der Waals surface area contributed by atoms with E-state index in [0.717, 1.165) is 19.3 Å². The van der Waals surface area contributed by atoms with E-state index in [0.29, 0.717) is 90.4 Å². The third kappa shape index (κ3) is 15.2. The Bertz CT molecular complexity index is 5460. The highest BCUT2D eigenvalue weighted by Crippen LogP contribution is 2.46. The van der Waals surface area contributed by atoms with Gasteiger partial charge in [-0.05, 0) is 286 Å². The summed E-state index contributed by atoms with van der Waals surface area (Å²) < 4.78 is 39.4. The Labute approximate surface area is 635 Å². The molecule has 0 saturated carbocycles. The first-order valence-electron chi connectivity index (χ1n) is 39.5. The maximum absolute atomic E-state index is 13.8. The normalized spacial score (nSPS) is 13.2. The molecule has 0 N–H and O–H groups in total. The third-order valence-corrected chi connectivity index (χ3v) is 23.5. The number of fused-ring (bicyclic) bond motifs is 6. The van der Waals surface area contributed by atoms with Gasteiger partial charge in [-0.25, -0.2) is 0 Å². The molecule has 15 aromatic rings. The minimum Gasteiger partial charge on any atom is -0.460 e. The molecule has 0 heterocycles. The molecule has 0 saturated heterocycles. The Hall–Kier alpha value is -9.51. The van der Waals surface area contributed by atoms with Crippen LogP contribution in [0.1, 0.15) is 170 Å². The molecule has 0 aliphatic carbocycles. The fourth-order valence-electron chi connectivity index (χ4n) is 18.0. The molecule has 0 spiro atoms. The Morgan fingerprint density at radius 2 is 0.500 bits per heavy atom. The van der Waals surface area contributed by atoms with Gasteiger partial charge in [-0.1, -0.05) is 200 Å². The first-order chi connectivity index (χ1) is 51.7. The smallest absolute Gasteiger partial charge is 0.306 e. The molecule has 0 aliphatic heterocycles.